The summed E-state index contributed by atoms with van der Waals surface area (Å²) >= 11 is 0. The third-order valence-corrected chi connectivity index (χ3v) is 3.75. The largest absolute Gasteiger partial charge is 0.469 e. The van der Waals surface area contributed by atoms with Crippen molar-refractivity contribution in [3.05, 3.63) is 70.3 Å². The fourth-order valence-electron chi connectivity index (χ4n) is 2.28. The topological polar surface area (TPSA) is 43.4 Å². The molecule has 3 nitrogen and oxygen atoms in total. The lowest BCUT2D eigenvalue weighted by atomic mass is 9.97. The number of rotatable bonds is 5. The van der Waals surface area contributed by atoms with Gasteiger partial charge >= 0.3 is 12.1 Å². The Morgan fingerprint density at radius 1 is 1.04 bits per heavy atom. The van der Waals surface area contributed by atoms with Gasteiger partial charge in [-0.05, 0) is 30.2 Å². The third-order valence-electron chi connectivity index (χ3n) is 3.75. The number of benzene rings is 2. The molecule has 0 unspecified atom stereocenters. The number of hydrogen-bond acceptors (Lipinski definition) is 3. The van der Waals surface area contributed by atoms with E-state index in [1.165, 1.54) is 6.07 Å². The lowest BCUT2D eigenvalue weighted by molar-refractivity contribution is -0.139. The molecule has 26 heavy (non-hydrogen) atoms. The minimum Gasteiger partial charge on any atom is -0.469 e. The quantitative estimate of drug-likeness (QED) is 0.328. The predicted octanol–water partition coefficient (Wildman–Crippen LogP) is 4.93. The van der Waals surface area contributed by atoms with Gasteiger partial charge in [0, 0.05) is 5.56 Å². The molecule has 0 fully saturated rings. The summed E-state index contributed by atoms with van der Waals surface area (Å²) in [6, 6.07) is 10.4. The average Bonchev–Trinajstić information content (AvgIpc) is 2.60. The second-order valence-corrected chi connectivity index (χ2v) is 5.72. The van der Waals surface area contributed by atoms with Crippen LogP contribution < -0.4 is 0 Å². The first kappa shape index (κ1) is 19.4. The van der Waals surface area contributed by atoms with E-state index < -0.39 is 29.9 Å². The van der Waals surface area contributed by atoms with Crippen LogP contribution in [0.4, 0.5) is 13.2 Å². The summed E-state index contributed by atoms with van der Waals surface area (Å²) in [7, 11) is 1.11. The molecule has 0 aliphatic carbocycles. The van der Waals surface area contributed by atoms with Crippen LogP contribution in [-0.4, -0.2) is 18.9 Å². The number of carbonyl (C=O) groups is 2. The number of halogens is 3. The zero-order chi connectivity index (χ0) is 19.3. The minimum atomic E-state index is -4.58. The number of esters is 1. The van der Waals surface area contributed by atoms with Gasteiger partial charge in [0.15, 0.2) is 5.78 Å². The molecular weight excluding hydrogens is 345 g/mol. The maximum absolute atomic E-state index is 13.0. The molecule has 0 N–H and O–H groups in total. The molecule has 2 rings (SSSR count). The third kappa shape index (κ3) is 5.05. The smallest absolute Gasteiger partial charge is 0.416 e. The molecule has 0 radical (unpaired) electrons. The predicted molar refractivity (Wildman–Crippen MR) is 92.5 cm³/mol. The van der Waals surface area contributed by atoms with Crippen molar-refractivity contribution in [2.24, 2.45) is 0 Å². The van der Waals surface area contributed by atoms with Gasteiger partial charge in [-0.3, -0.25) is 9.59 Å². The first-order chi connectivity index (χ1) is 12.2. The normalized spacial score (nSPS) is 11.6. The van der Waals surface area contributed by atoms with Crippen LogP contribution in [0, 0.1) is 6.92 Å². The molecular formula is C20H17F3O3. The van der Waals surface area contributed by atoms with Gasteiger partial charge in [-0.15, -0.1) is 0 Å². The van der Waals surface area contributed by atoms with Gasteiger partial charge in [-0.25, -0.2) is 0 Å². The zero-order valence-corrected chi connectivity index (χ0v) is 14.3. The van der Waals surface area contributed by atoms with Crippen LogP contribution in [0.1, 0.15) is 39.0 Å². The fraction of sp³-hybridized carbons (Fsp3) is 0.200. The highest BCUT2D eigenvalue weighted by atomic mass is 19.4. The molecule has 0 aromatic heterocycles. The molecule has 2 aromatic carbocycles. The Labute approximate surface area is 149 Å². The molecule has 2 aromatic rings. The monoisotopic (exact) mass is 362 g/mol. The van der Waals surface area contributed by atoms with E-state index in [0.29, 0.717) is 5.56 Å². The summed E-state index contributed by atoms with van der Waals surface area (Å²) in [5.74, 6) is -1.53. The Balaban J connectivity index is 2.41. The summed E-state index contributed by atoms with van der Waals surface area (Å²) in [5, 5.41) is 0. The summed E-state index contributed by atoms with van der Waals surface area (Å²) in [6.07, 6.45) is -1.96. The van der Waals surface area contributed by atoms with E-state index in [1.807, 2.05) is 31.2 Å². The highest BCUT2D eigenvalue weighted by molar-refractivity contribution is 6.08. The lowest BCUT2D eigenvalue weighted by Crippen LogP contribution is -2.13. The van der Waals surface area contributed by atoms with Crippen LogP contribution in [0.15, 0.2) is 42.5 Å². The maximum atomic E-state index is 13.0. The van der Waals surface area contributed by atoms with Crippen LogP contribution in [0.2, 0.25) is 0 Å². The highest BCUT2D eigenvalue weighted by Crippen LogP contribution is 2.31. The van der Waals surface area contributed by atoms with E-state index in [-0.39, 0.29) is 5.56 Å². The zero-order valence-electron chi connectivity index (χ0n) is 14.3. The Morgan fingerprint density at radius 3 is 2.27 bits per heavy atom. The average molecular weight is 362 g/mol. The van der Waals surface area contributed by atoms with Crippen LogP contribution in [0.5, 0.6) is 0 Å². The number of ketones is 1. The van der Waals surface area contributed by atoms with E-state index in [0.717, 1.165) is 30.4 Å². The Morgan fingerprint density at radius 2 is 1.69 bits per heavy atom. The van der Waals surface area contributed by atoms with Gasteiger partial charge in [-0.1, -0.05) is 48.0 Å². The first-order valence-electron chi connectivity index (χ1n) is 7.76. The van der Waals surface area contributed by atoms with Crippen molar-refractivity contribution < 1.29 is 27.5 Å². The summed E-state index contributed by atoms with van der Waals surface area (Å²) in [6.45, 7) is 1.94. The van der Waals surface area contributed by atoms with E-state index in [4.69, 9.17) is 0 Å². The maximum Gasteiger partial charge on any atom is 0.416 e. The molecule has 0 atom stereocenters. The van der Waals surface area contributed by atoms with Gasteiger partial charge in [0.2, 0.25) is 0 Å². The molecule has 0 bridgehead atoms. The lowest BCUT2D eigenvalue weighted by Gasteiger charge is -2.11. The number of carbonyl (C=O) groups excluding carboxylic acids is 2. The van der Waals surface area contributed by atoms with Gasteiger partial charge < -0.3 is 4.74 Å². The molecule has 0 aliphatic rings. The van der Waals surface area contributed by atoms with E-state index in [9.17, 15) is 22.8 Å². The number of Topliss-reactive ketones (excluding diaryl/α,β-unsaturated/α-hetero) is 1. The molecule has 0 saturated heterocycles. The van der Waals surface area contributed by atoms with Gasteiger partial charge in [0.05, 0.1) is 12.7 Å². The van der Waals surface area contributed by atoms with Gasteiger partial charge in [-0.2, -0.15) is 13.2 Å². The molecule has 0 saturated carbocycles. The Hall–Kier alpha value is -2.89. The number of alkyl halides is 3. The van der Waals surface area contributed by atoms with Crippen molar-refractivity contribution in [3.63, 3.8) is 0 Å². The molecule has 0 spiro atoms. The fourth-order valence-corrected chi connectivity index (χ4v) is 2.28. The number of ether oxygens (including phenoxy) is 1. The summed E-state index contributed by atoms with van der Waals surface area (Å²) < 4.78 is 43.3. The second kappa shape index (κ2) is 7.99. The molecule has 0 aliphatic heterocycles. The standard InChI is InChI=1S/C20H17F3O3/c1-13-3-5-14(6-4-13)7-8-15-9-10-16(20(21,22)23)11-17(15)18(24)12-19(25)26-2/h3-11H,12H2,1-2H3/b8-7+. The van der Waals surface area contributed by atoms with Gasteiger partial charge in [0.25, 0.3) is 0 Å². The van der Waals surface area contributed by atoms with Crippen molar-refractivity contribution in [1.29, 1.82) is 0 Å². The van der Waals surface area contributed by atoms with Crippen LogP contribution in [0.3, 0.4) is 0 Å². The Bertz CT molecular complexity index is 834. The number of hydrogen-bond donors (Lipinski definition) is 0. The van der Waals surface area contributed by atoms with Crippen molar-refractivity contribution >= 4 is 23.9 Å². The van der Waals surface area contributed by atoms with Crippen LogP contribution in [0.25, 0.3) is 12.2 Å². The summed E-state index contributed by atoms with van der Waals surface area (Å²) in [4.78, 5) is 23.6. The molecule has 6 heteroatoms. The van der Waals surface area contributed by atoms with E-state index in [1.54, 1.807) is 12.2 Å². The van der Waals surface area contributed by atoms with Crippen LogP contribution in [-0.2, 0) is 15.7 Å². The van der Waals surface area contributed by atoms with Crippen molar-refractivity contribution in [2.75, 3.05) is 7.11 Å². The van der Waals surface area contributed by atoms with Gasteiger partial charge in [0.1, 0.15) is 6.42 Å². The number of methoxy groups -OCH3 is 1. The van der Waals surface area contributed by atoms with E-state index in [2.05, 4.69) is 4.74 Å². The summed E-state index contributed by atoms with van der Waals surface area (Å²) in [5.41, 5.74) is 1.09. The SMILES string of the molecule is COC(=O)CC(=O)c1cc(C(F)(F)F)ccc1/C=C/c1ccc(C)cc1. The number of aryl methyl sites for hydroxylation is 1. The molecule has 0 amide bonds. The minimum absolute atomic E-state index is 0.173. The second-order valence-electron chi connectivity index (χ2n) is 5.72. The first-order valence-corrected chi connectivity index (χ1v) is 7.76. The molecule has 0 heterocycles. The Kier molecular flexibility index (Phi) is 5.97. The highest BCUT2D eigenvalue weighted by Gasteiger charge is 2.31. The molecule has 136 valence electrons. The van der Waals surface area contributed by atoms with Crippen molar-refractivity contribution in [1.82, 2.24) is 0 Å². The van der Waals surface area contributed by atoms with Crippen LogP contribution >= 0.6 is 0 Å². The van der Waals surface area contributed by atoms with Crippen molar-refractivity contribution in [3.8, 4) is 0 Å². The van der Waals surface area contributed by atoms with E-state index >= 15 is 0 Å². The van der Waals surface area contributed by atoms with Crippen molar-refractivity contribution in [2.45, 2.75) is 19.5 Å².